The van der Waals surface area contributed by atoms with E-state index in [2.05, 4.69) is 6.58 Å². The summed E-state index contributed by atoms with van der Waals surface area (Å²) in [7, 11) is 0. The molecule has 0 aliphatic heterocycles. The summed E-state index contributed by atoms with van der Waals surface area (Å²) >= 11 is 0. The monoisotopic (exact) mass is 334 g/mol. The average Bonchev–Trinajstić information content (AvgIpc) is 2.46. The highest BCUT2D eigenvalue weighted by molar-refractivity contribution is 5.87. The maximum absolute atomic E-state index is 11.7. The third kappa shape index (κ3) is 4.49. The van der Waals surface area contributed by atoms with E-state index >= 15 is 0 Å². The molecule has 4 fully saturated rings. The third-order valence-electron chi connectivity index (χ3n) is 5.49. The van der Waals surface area contributed by atoms with Crippen molar-refractivity contribution in [2.75, 3.05) is 0 Å². The van der Waals surface area contributed by atoms with Gasteiger partial charge in [-0.3, -0.25) is 0 Å². The van der Waals surface area contributed by atoms with Gasteiger partial charge in [0.1, 0.15) is 5.60 Å². The molecule has 134 valence electrons. The van der Waals surface area contributed by atoms with Crippen LogP contribution in [0.1, 0.15) is 65.7 Å². The molecule has 0 radical (unpaired) electrons. The Balaban J connectivity index is 0.000000224. The molecule has 24 heavy (non-hydrogen) atoms. The van der Waals surface area contributed by atoms with Gasteiger partial charge in [0, 0.05) is 11.1 Å². The van der Waals surface area contributed by atoms with Crippen molar-refractivity contribution >= 4 is 11.9 Å². The van der Waals surface area contributed by atoms with Crippen molar-refractivity contribution in [1.29, 1.82) is 0 Å². The molecule has 4 nitrogen and oxygen atoms in total. The van der Waals surface area contributed by atoms with E-state index < -0.39 is 5.97 Å². The molecule has 0 aromatic carbocycles. The number of aliphatic carboxylic acids is 1. The fourth-order valence-corrected chi connectivity index (χ4v) is 4.83. The number of carboxylic acid groups (broad SMARTS) is 1. The zero-order valence-electron chi connectivity index (χ0n) is 15.1. The van der Waals surface area contributed by atoms with Gasteiger partial charge in [-0.1, -0.05) is 19.6 Å². The number of rotatable bonds is 4. The first kappa shape index (κ1) is 18.8. The molecule has 0 unspecified atom stereocenters. The molecular weight excluding hydrogens is 304 g/mol. The largest absolute Gasteiger partial charge is 0.478 e. The second-order valence-electron chi connectivity index (χ2n) is 7.87. The van der Waals surface area contributed by atoms with Crippen LogP contribution in [-0.4, -0.2) is 22.6 Å². The lowest BCUT2D eigenvalue weighted by atomic mass is 9.54. The lowest BCUT2D eigenvalue weighted by molar-refractivity contribution is -0.182. The molecule has 0 spiro atoms. The minimum atomic E-state index is -0.827. The van der Waals surface area contributed by atoms with Crippen LogP contribution in [0.5, 0.6) is 0 Å². The highest BCUT2D eigenvalue weighted by Gasteiger charge is 2.53. The Hall–Kier alpha value is -1.58. The number of esters is 1. The summed E-state index contributed by atoms with van der Waals surface area (Å²) in [5, 5.41) is 8.24. The van der Waals surface area contributed by atoms with Crippen molar-refractivity contribution < 1.29 is 19.4 Å². The number of allylic oxidation sites excluding steroid dienone is 1. The topological polar surface area (TPSA) is 63.6 Å². The molecule has 4 rings (SSSR count). The fourth-order valence-electron chi connectivity index (χ4n) is 4.83. The first-order chi connectivity index (χ1) is 11.2. The second-order valence-corrected chi connectivity index (χ2v) is 7.87. The van der Waals surface area contributed by atoms with Crippen molar-refractivity contribution in [3.63, 3.8) is 0 Å². The second kappa shape index (κ2) is 7.54. The van der Waals surface area contributed by atoms with Gasteiger partial charge in [-0.05, 0) is 76.5 Å². The molecule has 1 N–H and O–H groups in total. The van der Waals surface area contributed by atoms with Crippen molar-refractivity contribution in [2.45, 2.75) is 71.3 Å². The molecule has 4 aliphatic carbocycles. The summed E-state index contributed by atoms with van der Waals surface area (Å²) in [4.78, 5) is 21.7. The van der Waals surface area contributed by atoms with Gasteiger partial charge in [-0.25, -0.2) is 9.59 Å². The molecule has 4 heteroatoms. The fraction of sp³-hybridized carbons (Fsp3) is 0.700. The van der Waals surface area contributed by atoms with Crippen LogP contribution in [0.2, 0.25) is 0 Å². The number of carboxylic acids is 1. The summed E-state index contributed by atoms with van der Waals surface area (Å²) in [5.41, 5.74) is 0.855. The Labute approximate surface area is 145 Å². The summed E-state index contributed by atoms with van der Waals surface area (Å²) < 4.78 is 5.77. The number of hydrogen-bond donors (Lipinski definition) is 1. The highest BCUT2D eigenvalue weighted by Crippen LogP contribution is 2.57. The van der Waals surface area contributed by atoms with Crippen molar-refractivity contribution in [3.05, 3.63) is 23.8 Å². The van der Waals surface area contributed by atoms with E-state index in [0.29, 0.717) is 11.1 Å². The Morgan fingerprint density at radius 3 is 1.88 bits per heavy atom. The van der Waals surface area contributed by atoms with E-state index in [4.69, 9.17) is 9.84 Å². The molecule has 0 amide bonds. The minimum Gasteiger partial charge on any atom is -0.478 e. The van der Waals surface area contributed by atoms with Crippen molar-refractivity contribution in [1.82, 2.24) is 0 Å². The Bertz CT molecular complexity index is 509. The Morgan fingerprint density at radius 2 is 1.58 bits per heavy atom. The first-order valence-electron chi connectivity index (χ1n) is 9.03. The zero-order valence-corrected chi connectivity index (χ0v) is 15.1. The van der Waals surface area contributed by atoms with E-state index in [9.17, 15) is 9.59 Å². The summed E-state index contributed by atoms with van der Waals surface area (Å²) in [6.07, 6.45) is 9.94. The molecule has 0 aromatic heterocycles. The highest BCUT2D eigenvalue weighted by atomic mass is 16.6. The van der Waals surface area contributed by atoms with Crippen molar-refractivity contribution in [2.24, 2.45) is 17.8 Å². The number of carbonyl (C=O) groups excluding carboxylic acids is 1. The van der Waals surface area contributed by atoms with Crippen LogP contribution in [0, 0.1) is 17.8 Å². The lowest BCUT2D eigenvalue weighted by Crippen LogP contribution is -2.52. The van der Waals surface area contributed by atoms with Crippen LogP contribution in [0.4, 0.5) is 0 Å². The van der Waals surface area contributed by atoms with Crippen LogP contribution in [0.15, 0.2) is 23.8 Å². The van der Waals surface area contributed by atoms with Gasteiger partial charge in [-0.15, -0.1) is 0 Å². The van der Waals surface area contributed by atoms with Crippen LogP contribution >= 0.6 is 0 Å². The lowest BCUT2D eigenvalue weighted by Gasteiger charge is -2.55. The Kier molecular flexibility index (Phi) is 5.89. The smallest absolute Gasteiger partial charge is 0.333 e. The van der Waals surface area contributed by atoms with E-state index in [1.54, 1.807) is 19.9 Å². The standard InChI is InChI=1S/C14H20O2.C6H10O2/c1-9(2)13(15)16-14-6-10-3-11(7-14)5-12(4-10)8-14;1-3-4-5(2)6(7)8/h10-12H,1,3-8H2,2H3;4H,3H2,1-2H3,(H,7,8). The molecule has 4 saturated carbocycles. The van der Waals surface area contributed by atoms with Gasteiger partial charge >= 0.3 is 11.9 Å². The molecule has 4 aliphatic rings. The van der Waals surface area contributed by atoms with Crippen LogP contribution < -0.4 is 0 Å². The van der Waals surface area contributed by atoms with Crippen LogP contribution in [-0.2, 0) is 14.3 Å². The molecule has 4 bridgehead atoms. The average molecular weight is 334 g/mol. The number of hydrogen-bond acceptors (Lipinski definition) is 3. The molecule has 0 saturated heterocycles. The van der Waals surface area contributed by atoms with Gasteiger partial charge in [0.25, 0.3) is 0 Å². The predicted octanol–water partition coefficient (Wildman–Crippen LogP) is 4.50. The van der Waals surface area contributed by atoms with Gasteiger partial charge < -0.3 is 9.84 Å². The molecule has 0 atom stereocenters. The van der Waals surface area contributed by atoms with Gasteiger partial charge in [0.2, 0.25) is 0 Å². The quantitative estimate of drug-likeness (QED) is 0.607. The third-order valence-corrected chi connectivity index (χ3v) is 5.49. The van der Waals surface area contributed by atoms with Gasteiger partial charge in [0.05, 0.1) is 0 Å². The van der Waals surface area contributed by atoms with Crippen LogP contribution in [0.25, 0.3) is 0 Å². The van der Waals surface area contributed by atoms with Gasteiger partial charge in [-0.2, -0.15) is 0 Å². The molecular formula is C20H30O4. The summed E-state index contributed by atoms with van der Waals surface area (Å²) in [6, 6.07) is 0. The van der Waals surface area contributed by atoms with E-state index in [1.807, 2.05) is 6.92 Å². The SMILES string of the molecule is C=C(C)C(=O)OC12CC3CC(CC(C3)C1)C2.CCC=C(C)C(=O)O. The van der Waals surface area contributed by atoms with E-state index in [0.717, 1.165) is 43.4 Å². The number of carbonyl (C=O) groups is 2. The summed E-state index contributed by atoms with van der Waals surface area (Å²) in [5.74, 6) is 1.46. The van der Waals surface area contributed by atoms with Crippen molar-refractivity contribution in [3.8, 4) is 0 Å². The Morgan fingerprint density at radius 1 is 1.12 bits per heavy atom. The van der Waals surface area contributed by atoms with Crippen LogP contribution in [0.3, 0.4) is 0 Å². The molecule has 0 heterocycles. The van der Waals surface area contributed by atoms with Gasteiger partial charge in [0.15, 0.2) is 0 Å². The first-order valence-corrected chi connectivity index (χ1v) is 9.03. The number of ether oxygens (including phenoxy) is 1. The maximum atomic E-state index is 11.7. The molecule has 0 aromatic rings. The normalized spacial score (nSPS) is 33.5. The maximum Gasteiger partial charge on any atom is 0.333 e. The van der Waals surface area contributed by atoms with E-state index in [1.165, 1.54) is 19.3 Å². The minimum absolute atomic E-state index is 0.106. The predicted molar refractivity (Wildman–Crippen MR) is 93.5 cm³/mol. The van der Waals surface area contributed by atoms with E-state index in [-0.39, 0.29) is 11.6 Å². The zero-order chi connectivity index (χ0) is 17.9. The summed E-state index contributed by atoms with van der Waals surface area (Å²) in [6.45, 7) is 8.92.